The smallest absolute Gasteiger partial charge is 0.147 e. The lowest BCUT2D eigenvalue weighted by molar-refractivity contribution is 0.573. The standard InChI is InChI=1S/C21H23N3S/c1-15(25)16-5-7-17(8-6-16)18-9-10-19-20(13-18)23-21(14-22-19)24-11-3-2-4-12-24/h5-10,13-15,25H,2-4,11-12H2,1H3. The highest BCUT2D eigenvalue weighted by Gasteiger charge is 2.13. The van der Waals surface area contributed by atoms with Gasteiger partial charge in [0.25, 0.3) is 0 Å². The number of hydrogen-bond donors (Lipinski definition) is 1. The Morgan fingerprint density at radius 3 is 2.36 bits per heavy atom. The van der Waals surface area contributed by atoms with Crippen LogP contribution in [0.15, 0.2) is 48.7 Å². The Hall–Kier alpha value is -2.07. The zero-order valence-corrected chi connectivity index (χ0v) is 15.4. The Morgan fingerprint density at radius 1 is 0.920 bits per heavy atom. The summed E-state index contributed by atoms with van der Waals surface area (Å²) in [5.41, 5.74) is 5.53. The van der Waals surface area contributed by atoms with Crippen LogP contribution in [0, 0.1) is 0 Å². The average molecular weight is 350 g/mol. The molecule has 25 heavy (non-hydrogen) atoms. The van der Waals surface area contributed by atoms with Crippen molar-refractivity contribution in [1.82, 2.24) is 9.97 Å². The molecule has 0 saturated carbocycles. The number of fused-ring (bicyclic) bond motifs is 1. The largest absolute Gasteiger partial charge is 0.355 e. The van der Waals surface area contributed by atoms with Crippen LogP contribution in [0.2, 0.25) is 0 Å². The fourth-order valence-electron chi connectivity index (χ4n) is 3.41. The summed E-state index contributed by atoms with van der Waals surface area (Å²) < 4.78 is 0. The van der Waals surface area contributed by atoms with Gasteiger partial charge < -0.3 is 4.90 Å². The maximum absolute atomic E-state index is 4.88. The lowest BCUT2D eigenvalue weighted by Gasteiger charge is -2.27. The lowest BCUT2D eigenvalue weighted by Crippen LogP contribution is -2.30. The van der Waals surface area contributed by atoms with Crippen LogP contribution in [0.5, 0.6) is 0 Å². The predicted molar refractivity (Wildman–Crippen MR) is 108 cm³/mol. The molecule has 0 bridgehead atoms. The Bertz CT molecular complexity index is 868. The second-order valence-corrected chi connectivity index (χ2v) is 7.55. The van der Waals surface area contributed by atoms with Crippen molar-refractivity contribution in [2.24, 2.45) is 0 Å². The van der Waals surface area contributed by atoms with Gasteiger partial charge in [0.2, 0.25) is 0 Å². The molecule has 0 spiro atoms. The Kier molecular flexibility index (Phi) is 4.62. The minimum absolute atomic E-state index is 0.253. The van der Waals surface area contributed by atoms with Gasteiger partial charge in [-0.25, -0.2) is 4.98 Å². The molecular weight excluding hydrogens is 326 g/mol. The molecule has 3 nitrogen and oxygen atoms in total. The van der Waals surface area contributed by atoms with Gasteiger partial charge in [-0.3, -0.25) is 4.98 Å². The van der Waals surface area contributed by atoms with Crippen LogP contribution >= 0.6 is 12.6 Å². The van der Waals surface area contributed by atoms with E-state index < -0.39 is 0 Å². The van der Waals surface area contributed by atoms with Crippen molar-refractivity contribution in [2.75, 3.05) is 18.0 Å². The van der Waals surface area contributed by atoms with Gasteiger partial charge in [-0.05, 0) is 55.0 Å². The summed E-state index contributed by atoms with van der Waals surface area (Å²) in [4.78, 5) is 11.8. The lowest BCUT2D eigenvalue weighted by atomic mass is 10.0. The van der Waals surface area contributed by atoms with Crippen molar-refractivity contribution >= 4 is 29.5 Å². The molecule has 128 valence electrons. The fourth-order valence-corrected chi connectivity index (χ4v) is 3.58. The quantitative estimate of drug-likeness (QED) is 0.652. The number of thiol groups is 1. The Labute approximate surface area is 154 Å². The van der Waals surface area contributed by atoms with E-state index in [1.807, 2.05) is 6.20 Å². The van der Waals surface area contributed by atoms with Crippen molar-refractivity contribution < 1.29 is 0 Å². The zero-order chi connectivity index (χ0) is 17.2. The number of rotatable bonds is 3. The number of aromatic nitrogens is 2. The van der Waals surface area contributed by atoms with Gasteiger partial charge >= 0.3 is 0 Å². The van der Waals surface area contributed by atoms with Crippen molar-refractivity contribution in [3.05, 3.63) is 54.2 Å². The third-order valence-corrected chi connectivity index (χ3v) is 5.23. The van der Waals surface area contributed by atoms with E-state index in [-0.39, 0.29) is 5.25 Å². The molecule has 0 amide bonds. The van der Waals surface area contributed by atoms with Gasteiger partial charge in [-0.2, -0.15) is 12.6 Å². The molecule has 1 aliphatic heterocycles. The molecule has 2 aromatic carbocycles. The molecule has 4 heteroatoms. The maximum Gasteiger partial charge on any atom is 0.147 e. The van der Waals surface area contributed by atoms with E-state index in [0.717, 1.165) is 29.9 Å². The molecule has 0 radical (unpaired) electrons. The van der Waals surface area contributed by atoms with E-state index in [1.165, 1.54) is 36.0 Å². The maximum atomic E-state index is 4.88. The summed E-state index contributed by atoms with van der Waals surface area (Å²) in [5.74, 6) is 1.00. The molecule has 2 heterocycles. The van der Waals surface area contributed by atoms with E-state index in [0.29, 0.717) is 0 Å². The molecule has 1 atom stereocenters. The minimum atomic E-state index is 0.253. The van der Waals surface area contributed by atoms with Crippen molar-refractivity contribution in [3.63, 3.8) is 0 Å². The summed E-state index contributed by atoms with van der Waals surface area (Å²) in [7, 11) is 0. The molecule has 1 unspecified atom stereocenters. The third-order valence-electron chi connectivity index (χ3n) is 4.94. The average Bonchev–Trinajstić information content (AvgIpc) is 2.68. The Balaban J connectivity index is 1.68. The van der Waals surface area contributed by atoms with E-state index in [1.54, 1.807) is 0 Å². The normalized spacial score (nSPS) is 16.2. The molecule has 3 aromatic rings. The monoisotopic (exact) mass is 349 g/mol. The molecule has 1 fully saturated rings. The van der Waals surface area contributed by atoms with Crippen molar-refractivity contribution in [1.29, 1.82) is 0 Å². The topological polar surface area (TPSA) is 29.0 Å². The van der Waals surface area contributed by atoms with Gasteiger partial charge in [-0.15, -0.1) is 0 Å². The molecule has 1 aromatic heterocycles. The first-order valence-corrected chi connectivity index (χ1v) is 9.52. The number of piperidine rings is 1. The molecule has 0 N–H and O–H groups in total. The second kappa shape index (κ2) is 7.04. The van der Waals surface area contributed by atoms with Gasteiger partial charge in [-0.1, -0.05) is 30.3 Å². The van der Waals surface area contributed by atoms with Crippen LogP contribution in [-0.4, -0.2) is 23.1 Å². The summed E-state index contributed by atoms with van der Waals surface area (Å²) in [6.07, 6.45) is 5.73. The first-order valence-electron chi connectivity index (χ1n) is 9.01. The summed E-state index contributed by atoms with van der Waals surface area (Å²) in [6.45, 7) is 4.26. The SMILES string of the molecule is CC(S)c1ccc(-c2ccc3ncc(N4CCCCC4)nc3c2)cc1. The highest BCUT2D eigenvalue weighted by Crippen LogP contribution is 2.27. The van der Waals surface area contributed by atoms with Gasteiger partial charge in [0.1, 0.15) is 5.82 Å². The zero-order valence-electron chi connectivity index (χ0n) is 14.5. The van der Waals surface area contributed by atoms with Crippen LogP contribution < -0.4 is 4.90 Å². The molecule has 1 saturated heterocycles. The van der Waals surface area contributed by atoms with Crippen molar-refractivity contribution in [3.8, 4) is 11.1 Å². The Morgan fingerprint density at radius 2 is 1.64 bits per heavy atom. The first-order chi connectivity index (χ1) is 12.2. The summed E-state index contributed by atoms with van der Waals surface area (Å²) in [5, 5.41) is 0.253. The van der Waals surface area contributed by atoms with E-state index in [4.69, 9.17) is 4.98 Å². The molecule has 0 aliphatic carbocycles. The predicted octanol–water partition coefficient (Wildman–Crippen LogP) is 5.28. The van der Waals surface area contributed by atoms with E-state index in [9.17, 15) is 0 Å². The van der Waals surface area contributed by atoms with Gasteiger partial charge in [0.05, 0.1) is 17.2 Å². The number of nitrogens with zero attached hydrogens (tertiary/aromatic N) is 3. The number of anilines is 1. The highest BCUT2D eigenvalue weighted by molar-refractivity contribution is 7.80. The summed E-state index contributed by atoms with van der Waals surface area (Å²) >= 11 is 4.50. The van der Waals surface area contributed by atoms with Crippen molar-refractivity contribution in [2.45, 2.75) is 31.4 Å². The van der Waals surface area contributed by atoms with Crippen LogP contribution in [0.4, 0.5) is 5.82 Å². The van der Waals surface area contributed by atoms with Crippen LogP contribution in [0.1, 0.15) is 37.0 Å². The molecular formula is C21H23N3S. The second-order valence-electron chi connectivity index (χ2n) is 6.78. The minimum Gasteiger partial charge on any atom is -0.355 e. The van der Waals surface area contributed by atoms with Gasteiger partial charge in [0, 0.05) is 18.3 Å². The first kappa shape index (κ1) is 16.4. The van der Waals surface area contributed by atoms with Gasteiger partial charge in [0.15, 0.2) is 0 Å². The fraction of sp³-hybridized carbons (Fsp3) is 0.333. The van der Waals surface area contributed by atoms with Crippen LogP contribution in [-0.2, 0) is 0 Å². The number of hydrogen-bond acceptors (Lipinski definition) is 4. The summed E-state index contributed by atoms with van der Waals surface area (Å²) in [6, 6.07) is 14.9. The van der Waals surface area contributed by atoms with Crippen LogP contribution in [0.3, 0.4) is 0 Å². The van der Waals surface area contributed by atoms with E-state index in [2.05, 4.69) is 71.9 Å². The van der Waals surface area contributed by atoms with E-state index >= 15 is 0 Å². The third kappa shape index (κ3) is 3.49. The highest BCUT2D eigenvalue weighted by atomic mass is 32.1. The molecule has 1 aliphatic rings. The van der Waals surface area contributed by atoms with Crippen LogP contribution in [0.25, 0.3) is 22.2 Å². The molecule has 4 rings (SSSR count). The number of benzene rings is 2.